The number of hydrogen-bond donors (Lipinski definition) is 1. The van der Waals surface area contributed by atoms with Crippen LogP contribution in [0, 0.1) is 11.8 Å². The standard InChI is InChI=1S/C18H22Cl2N2O2/c1-10(2)6-11(3)16(23)22-5-4-18(9-22)12-7-13(19)14(20)8-15(12)21-17(18)24/h7-8,10-11H,4-6,9H2,1-3H3,(H,21,24)/t11-,18-/m1/s1. The van der Waals surface area contributed by atoms with Gasteiger partial charge in [0, 0.05) is 24.7 Å². The van der Waals surface area contributed by atoms with Crippen LogP contribution in [0.3, 0.4) is 0 Å². The van der Waals surface area contributed by atoms with Gasteiger partial charge in [0.15, 0.2) is 0 Å². The van der Waals surface area contributed by atoms with Crippen molar-refractivity contribution >= 4 is 40.7 Å². The Kier molecular flexibility index (Phi) is 4.56. The third-order valence-electron chi connectivity index (χ3n) is 5.09. The van der Waals surface area contributed by atoms with E-state index in [1.807, 2.05) is 11.8 Å². The van der Waals surface area contributed by atoms with Gasteiger partial charge in [-0.3, -0.25) is 9.59 Å². The van der Waals surface area contributed by atoms with Crippen LogP contribution in [-0.4, -0.2) is 29.8 Å². The molecule has 2 heterocycles. The van der Waals surface area contributed by atoms with Gasteiger partial charge in [0.25, 0.3) is 0 Å². The average Bonchev–Trinajstić information content (AvgIpc) is 3.04. The van der Waals surface area contributed by atoms with E-state index in [1.165, 1.54) is 0 Å². The normalized spacial score (nSPS) is 23.8. The van der Waals surface area contributed by atoms with Crippen LogP contribution in [0.4, 0.5) is 5.69 Å². The van der Waals surface area contributed by atoms with E-state index in [1.54, 1.807) is 12.1 Å². The van der Waals surface area contributed by atoms with Crippen molar-refractivity contribution in [3.05, 3.63) is 27.7 Å². The van der Waals surface area contributed by atoms with Gasteiger partial charge in [-0.1, -0.05) is 44.0 Å². The molecule has 0 unspecified atom stereocenters. The first-order valence-corrected chi connectivity index (χ1v) is 9.10. The first-order chi connectivity index (χ1) is 11.2. The van der Waals surface area contributed by atoms with E-state index in [-0.39, 0.29) is 17.7 Å². The van der Waals surface area contributed by atoms with E-state index >= 15 is 0 Å². The summed E-state index contributed by atoms with van der Waals surface area (Å²) in [5, 5.41) is 3.75. The van der Waals surface area contributed by atoms with Crippen molar-refractivity contribution in [3.63, 3.8) is 0 Å². The minimum Gasteiger partial charge on any atom is -0.341 e. The Morgan fingerprint density at radius 2 is 1.96 bits per heavy atom. The Balaban J connectivity index is 1.86. The predicted octanol–water partition coefficient (Wildman–Crippen LogP) is 4.10. The minimum absolute atomic E-state index is 0.0297. The zero-order chi connectivity index (χ0) is 17.6. The van der Waals surface area contributed by atoms with Crippen molar-refractivity contribution < 1.29 is 9.59 Å². The second-order valence-corrected chi connectivity index (χ2v) is 8.20. The van der Waals surface area contributed by atoms with Gasteiger partial charge in [0.2, 0.25) is 11.8 Å². The van der Waals surface area contributed by atoms with E-state index in [9.17, 15) is 9.59 Å². The summed E-state index contributed by atoms with van der Waals surface area (Å²) in [6.07, 6.45) is 1.47. The van der Waals surface area contributed by atoms with Crippen LogP contribution in [0.2, 0.25) is 10.0 Å². The van der Waals surface area contributed by atoms with Gasteiger partial charge in [0.05, 0.1) is 15.5 Å². The number of carbonyl (C=O) groups is 2. The quantitative estimate of drug-likeness (QED) is 0.872. The monoisotopic (exact) mass is 368 g/mol. The lowest BCUT2D eigenvalue weighted by molar-refractivity contribution is -0.134. The summed E-state index contributed by atoms with van der Waals surface area (Å²) in [6, 6.07) is 3.46. The molecule has 0 radical (unpaired) electrons. The minimum atomic E-state index is -0.698. The second kappa shape index (κ2) is 6.23. The molecule has 0 saturated carbocycles. The van der Waals surface area contributed by atoms with Crippen molar-refractivity contribution in [2.24, 2.45) is 11.8 Å². The van der Waals surface area contributed by atoms with E-state index in [0.717, 1.165) is 12.0 Å². The fourth-order valence-corrected chi connectivity index (χ4v) is 4.26. The third-order valence-corrected chi connectivity index (χ3v) is 5.81. The summed E-state index contributed by atoms with van der Waals surface area (Å²) >= 11 is 12.2. The Bertz CT molecular complexity index is 705. The van der Waals surface area contributed by atoms with Crippen molar-refractivity contribution in [1.82, 2.24) is 4.90 Å². The topological polar surface area (TPSA) is 49.4 Å². The van der Waals surface area contributed by atoms with Gasteiger partial charge >= 0.3 is 0 Å². The largest absolute Gasteiger partial charge is 0.341 e. The molecule has 1 aromatic carbocycles. The van der Waals surface area contributed by atoms with Crippen molar-refractivity contribution in [2.45, 2.75) is 39.0 Å². The SMILES string of the molecule is CC(C)C[C@@H](C)C(=O)N1CC[C@]2(C1)C(=O)Nc1cc(Cl)c(Cl)cc12. The smallest absolute Gasteiger partial charge is 0.237 e. The number of nitrogens with one attached hydrogen (secondary N) is 1. The van der Waals surface area contributed by atoms with Crippen LogP contribution in [0.5, 0.6) is 0 Å². The summed E-state index contributed by atoms with van der Waals surface area (Å²) < 4.78 is 0. The number of nitrogens with zero attached hydrogens (tertiary/aromatic N) is 1. The van der Waals surface area contributed by atoms with E-state index in [0.29, 0.717) is 41.2 Å². The molecule has 2 aliphatic rings. The fourth-order valence-electron chi connectivity index (χ4n) is 3.93. The number of halogens is 2. The van der Waals surface area contributed by atoms with E-state index in [2.05, 4.69) is 19.2 Å². The summed E-state index contributed by atoms with van der Waals surface area (Å²) in [6.45, 7) is 7.19. The Labute approximate surface area is 152 Å². The molecule has 1 N–H and O–H groups in total. The van der Waals surface area contributed by atoms with Crippen molar-refractivity contribution in [3.8, 4) is 0 Å². The molecule has 3 rings (SSSR count). The summed E-state index contributed by atoms with van der Waals surface area (Å²) in [4.78, 5) is 27.2. The molecule has 2 atom stereocenters. The molecule has 1 aromatic rings. The molecule has 6 heteroatoms. The molecule has 0 aliphatic carbocycles. The molecule has 1 saturated heterocycles. The summed E-state index contributed by atoms with van der Waals surface area (Å²) in [7, 11) is 0. The maximum atomic E-state index is 12.7. The number of likely N-dealkylation sites (tertiary alicyclic amines) is 1. The molecule has 24 heavy (non-hydrogen) atoms. The third kappa shape index (κ3) is 2.80. The number of fused-ring (bicyclic) bond motifs is 2. The second-order valence-electron chi connectivity index (χ2n) is 7.39. The lowest BCUT2D eigenvalue weighted by atomic mass is 9.81. The zero-order valence-corrected chi connectivity index (χ0v) is 15.7. The highest BCUT2D eigenvalue weighted by Gasteiger charge is 2.52. The molecule has 4 nitrogen and oxygen atoms in total. The van der Waals surface area contributed by atoms with Gasteiger partial charge in [-0.05, 0) is 36.5 Å². The van der Waals surface area contributed by atoms with Crippen LogP contribution in [0.25, 0.3) is 0 Å². The summed E-state index contributed by atoms with van der Waals surface area (Å²) in [5.41, 5.74) is 0.865. The Morgan fingerprint density at radius 1 is 1.29 bits per heavy atom. The highest BCUT2D eigenvalue weighted by atomic mass is 35.5. The highest BCUT2D eigenvalue weighted by Crippen LogP contribution is 2.47. The molecule has 1 fully saturated rings. The number of hydrogen-bond acceptors (Lipinski definition) is 2. The lowest BCUT2D eigenvalue weighted by Gasteiger charge is -2.25. The van der Waals surface area contributed by atoms with Crippen LogP contribution >= 0.6 is 23.2 Å². The molecule has 2 aliphatic heterocycles. The van der Waals surface area contributed by atoms with E-state index in [4.69, 9.17) is 23.2 Å². The van der Waals surface area contributed by atoms with Crippen molar-refractivity contribution in [1.29, 1.82) is 0 Å². The molecule has 1 spiro atoms. The molecule has 0 aromatic heterocycles. The highest BCUT2D eigenvalue weighted by molar-refractivity contribution is 6.42. The Morgan fingerprint density at radius 3 is 2.62 bits per heavy atom. The van der Waals surface area contributed by atoms with Crippen LogP contribution < -0.4 is 5.32 Å². The van der Waals surface area contributed by atoms with Crippen LogP contribution in [0.1, 0.15) is 39.2 Å². The maximum absolute atomic E-state index is 12.7. The first-order valence-electron chi connectivity index (χ1n) is 8.34. The van der Waals surface area contributed by atoms with Crippen molar-refractivity contribution in [2.75, 3.05) is 18.4 Å². The van der Waals surface area contributed by atoms with Crippen LogP contribution in [-0.2, 0) is 15.0 Å². The van der Waals surface area contributed by atoms with Gasteiger partial charge in [-0.25, -0.2) is 0 Å². The number of carbonyl (C=O) groups excluding carboxylic acids is 2. The maximum Gasteiger partial charge on any atom is 0.237 e. The average molecular weight is 369 g/mol. The molecule has 0 bridgehead atoms. The Hall–Kier alpha value is -1.26. The number of rotatable bonds is 3. The molecule has 130 valence electrons. The first kappa shape index (κ1) is 17.6. The molecular formula is C18H22Cl2N2O2. The lowest BCUT2D eigenvalue weighted by Crippen LogP contribution is -2.40. The predicted molar refractivity (Wildman–Crippen MR) is 96.6 cm³/mol. The molecule has 2 amide bonds. The number of benzene rings is 1. The van der Waals surface area contributed by atoms with Crippen LogP contribution in [0.15, 0.2) is 12.1 Å². The van der Waals surface area contributed by atoms with Gasteiger partial charge in [-0.15, -0.1) is 0 Å². The van der Waals surface area contributed by atoms with Gasteiger partial charge in [-0.2, -0.15) is 0 Å². The zero-order valence-electron chi connectivity index (χ0n) is 14.2. The van der Waals surface area contributed by atoms with Gasteiger partial charge in [0.1, 0.15) is 0 Å². The molecular weight excluding hydrogens is 347 g/mol. The number of anilines is 1. The number of amides is 2. The summed E-state index contributed by atoms with van der Waals surface area (Å²) in [5.74, 6) is 0.499. The van der Waals surface area contributed by atoms with Gasteiger partial charge < -0.3 is 10.2 Å². The fraction of sp³-hybridized carbons (Fsp3) is 0.556. The van der Waals surface area contributed by atoms with E-state index < -0.39 is 5.41 Å².